The Bertz CT molecular complexity index is 161. The molecule has 0 aromatic carbocycles. The van der Waals surface area contributed by atoms with E-state index in [0.717, 1.165) is 6.42 Å². The Morgan fingerprint density at radius 3 is 2.38 bits per heavy atom. The summed E-state index contributed by atoms with van der Waals surface area (Å²) in [5, 5.41) is 0. The van der Waals surface area contributed by atoms with Gasteiger partial charge in [-0.25, -0.2) is 0 Å². The number of carbonyl (C=O) groups excluding carboxylic acids is 1. The van der Waals surface area contributed by atoms with E-state index in [4.69, 9.17) is 10.5 Å². The van der Waals surface area contributed by atoms with Gasteiger partial charge in [-0.05, 0) is 25.2 Å². The van der Waals surface area contributed by atoms with Crippen LogP contribution < -0.4 is 5.73 Å². The zero-order valence-corrected chi connectivity index (χ0v) is 9.09. The van der Waals surface area contributed by atoms with Crippen LogP contribution in [-0.2, 0) is 9.53 Å². The van der Waals surface area contributed by atoms with E-state index in [0.29, 0.717) is 13.0 Å². The summed E-state index contributed by atoms with van der Waals surface area (Å²) in [6.07, 6.45) is 1.63. The lowest BCUT2D eigenvalue weighted by Gasteiger charge is -2.19. The number of rotatable bonds is 4. The van der Waals surface area contributed by atoms with Crippen LogP contribution in [0.4, 0.5) is 0 Å². The highest BCUT2D eigenvalue weighted by Crippen LogP contribution is 2.21. The maximum atomic E-state index is 11.1. The Balaban J connectivity index is 3.74. The van der Waals surface area contributed by atoms with E-state index in [9.17, 15) is 4.79 Å². The lowest BCUT2D eigenvalue weighted by Crippen LogP contribution is -2.33. The highest BCUT2D eigenvalue weighted by atomic mass is 16.5. The molecule has 0 fully saturated rings. The fraction of sp³-hybridized carbons (Fsp3) is 0.900. The van der Waals surface area contributed by atoms with Gasteiger partial charge in [0.2, 0.25) is 0 Å². The topological polar surface area (TPSA) is 52.3 Å². The third kappa shape index (κ3) is 6.58. The summed E-state index contributed by atoms with van der Waals surface area (Å²) < 4.78 is 4.80. The third-order valence-corrected chi connectivity index (χ3v) is 1.79. The SMILES string of the molecule is CCOC(=O)[C@H](N)CCC(C)(C)C. The molecular formula is C10H21NO2. The minimum atomic E-state index is -0.459. The van der Waals surface area contributed by atoms with Crippen molar-refractivity contribution in [2.24, 2.45) is 11.1 Å². The molecule has 0 aliphatic carbocycles. The van der Waals surface area contributed by atoms with Gasteiger partial charge in [0, 0.05) is 0 Å². The van der Waals surface area contributed by atoms with Gasteiger partial charge in [-0.15, -0.1) is 0 Å². The average molecular weight is 187 g/mol. The average Bonchev–Trinajstić information content (AvgIpc) is 1.99. The molecule has 1 atom stereocenters. The molecule has 0 spiro atoms. The predicted octanol–water partition coefficient (Wildman–Crippen LogP) is 1.70. The molecule has 3 nitrogen and oxygen atoms in total. The molecular weight excluding hydrogens is 166 g/mol. The van der Waals surface area contributed by atoms with Gasteiger partial charge in [0.25, 0.3) is 0 Å². The largest absolute Gasteiger partial charge is 0.465 e. The first-order chi connectivity index (χ1) is 5.87. The van der Waals surface area contributed by atoms with Gasteiger partial charge >= 0.3 is 5.97 Å². The van der Waals surface area contributed by atoms with Crippen LogP contribution in [0.2, 0.25) is 0 Å². The van der Waals surface area contributed by atoms with Gasteiger partial charge in [-0.1, -0.05) is 20.8 Å². The van der Waals surface area contributed by atoms with E-state index in [1.807, 2.05) is 0 Å². The van der Waals surface area contributed by atoms with Crippen LogP contribution >= 0.6 is 0 Å². The maximum Gasteiger partial charge on any atom is 0.322 e. The predicted molar refractivity (Wildman–Crippen MR) is 53.3 cm³/mol. The first kappa shape index (κ1) is 12.4. The minimum Gasteiger partial charge on any atom is -0.465 e. The van der Waals surface area contributed by atoms with Gasteiger partial charge in [0.15, 0.2) is 0 Å². The standard InChI is InChI=1S/C10H21NO2/c1-5-13-9(12)8(11)6-7-10(2,3)4/h8H,5-7,11H2,1-4H3/t8-/m1/s1. The lowest BCUT2D eigenvalue weighted by molar-refractivity contribution is -0.144. The molecule has 0 aliphatic rings. The van der Waals surface area contributed by atoms with Crippen LogP contribution in [0.15, 0.2) is 0 Å². The van der Waals surface area contributed by atoms with Crippen molar-refractivity contribution in [1.82, 2.24) is 0 Å². The summed E-state index contributed by atoms with van der Waals surface area (Å²) in [6, 6.07) is -0.459. The summed E-state index contributed by atoms with van der Waals surface area (Å²) in [5.41, 5.74) is 5.86. The Labute approximate surface area is 80.6 Å². The molecule has 0 rings (SSSR count). The van der Waals surface area contributed by atoms with E-state index >= 15 is 0 Å². The van der Waals surface area contributed by atoms with Gasteiger partial charge in [-0.3, -0.25) is 4.79 Å². The first-order valence-corrected chi connectivity index (χ1v) is 4.79. The number of carbonyl (C=O) groups is 1. The fourth-order valence-corrected chi connectivity index (χ4v) is 0.956. The molecule has 2 N–H and O–H groups in total. The minimum absolute atomic E-state index is 0.226. The lowest BCUT2D eigenvalue weighted by atomic mass is 9.89. The zero-order chi connectivity index (χ0) is 10.5. The monoisotopic (exact) mass is 187 g/mol. The van der Waals surface area contributed by atoms with E-state index in [1.54, 1.807) is 6.92 Å². The Hall–Kier alpha value is -0.570. The van der Waals surface area contributed by atoms with Crippen molar-refractivity contribution in [2.45, 2.75) is 46.6 Å². The molecule has 0 saturated carbocycles. The molecule has 0 amide bonds. The summed E-state index contributed by atoms with van der Waals surface area (Å²) >= 11 is 0. The smallest absolute Gasteiger partial charge is 0.322 e. The van der Waals surface area contributed by atoms with Crippen LogP contribution in [0, 0.1) is 5.41 Å². The second-order valence-electron chi connectivity index (χ2n) is 4.46. The van der Waals surface area contributed by atoms with Crippen LogP contribution in [0.25, 0.3) is 0 Å². The second kappa shape index (κ2) is 5.22. The van der Waals surface area contributed by atoms with Crippen molar-refractivity contribution in [3.05, 3.63) is 0 Å². The van der Waals surface area contributed by atoms with Gasteiger partial charge in [-0.2, -0.15) is 0 Å². The molecule has 13 heavy (non-hydrogen) atoms. The van der Waals surface area contributed by atoms with Crippen molar-refractivity contribution in [3.8, 4) is 0 Å². The highest BCUT2D eigenvalue weighted by molar-refractivity contribution is 5.75. The molecule has 0 aliphatic heterocycles. The van der Waals surface area contributed by atoms with E-state index < -0.39 is 6.04 Å². The van der Waals surface area contributed by atoms with Crippen molar-refractivity contribution in [2.75, 3.05) is 6.61 Å². The van der Waals surface area contributed by atoms with Crippen molar-refractivity contribution in [3.63, 3.8) is 0 Å². The van der Waals surface area contributed by atoms with Crippen LogP contribution in [0.3, 0.4) is 0 Å². The number of hydrogen-bond acceptors (Lipinski definition) is 3. The third-order valence-electron chi connectivity index (χ3n) is 1.79. The van der Waals surface area contributed by atoms with E-state index in [2.05, 4.69) is 20.8 Å². The quantitative estimate of drug-likeness (QED) is 0.681. The first-order valence-electron chi connectivity index (χ1n) is 4.79. The molecule has 0 aromatic heterocycles. The molecule has 0 unspecified atom stereocenters. The number of nitrogens with two attached hydrogens (primary N) is 1. The summed E-state index contributed by atoms with van der Waals surface area (Å²) in [7, 11) is 0. The molecule has 0 heterocycles. The number of esters is 1. The van der Waals surface area contributed by atoms with Crippen LogP contribution in [0.1, 0.15) is 40.5 Å². The molecule has 0 aromatic rings. The second-order valence-corrected chi connectivity index (χ2v) is 4.46. The summed E-state index contributed by atoms with van der Waals surface area (Å²) in [5.74, 6) is -0.285. The molecule has 0 bridgehead atoms. The maximum absolute atomic E-state index is 11.1. The van der Waals surface area contributed by atoms with Crippen LogP contribution in [-0.4, -0.2) is 18.6 Å². The zero-order valence-electron chi connectivity index (χ0n) is 9.09. The van der Waals surface area contributed by atoms with Crippen LogP contribution in [0.5, 0.6) is 0 Å². The molecule has 0 saturated heterocycles. The Morgan fingerprint density at radius 1 is 1.46 bits per heavy atom. The molecule has 3 heteroatoms. The van der Waals surface area contributed by atoms with E-state index in [1.165, 1.54) is 0 Å². The summed E-state index contributed by atoms with van der Waals surface area (Å²) in [4.78, 5) is 11.1. The normalized spacial score (nSPS) is 13.9. The van der Waals surface area contributed by atoms with Crippen molar-refractivity contribution in [1.29, 1.82) is 0 Å². The fourth-order valence-electron chi connectivity index (χ4n) is 0.956. The number of hydrogen-bond donors (Lipinski definition) is 1. The van der Waals surface area contributed by atoms with Crippen molar-refractivity contribution >= 4 is 5.97 Å². The van der Waals surface area contributed by atoms with Gasteiger partial charge in [0.05, 0.1) is 6.61 Å². The molecule has 78 valence electrons. The highest BCUT2D eigenvalue weighted by Gasteiger charge is 2.18. The Kier molecular flexibility index (Phi) is 4.99. The summed E-state index contributed by atoms with van der Waals surface area (Å²) in [6.45, 7) is 8.58. The molecule has 0 radical (unpaired) electrons. The van der Waals surface area contributed by atoms with E-state index in [-0.39, 0.29) is 11.4 Å². The number of ether oxygens (including phenoxy) is 1. The Morgan fingerprint density at radius 2 is 2.00 bits per heavy atom. The van der Waals surface area contributed by atoms with Crippen molar-refractivity contribution < 1.29 is 9.53 Å². The van der Waals surface area contributed by atoms with Gasteiger partial charge in [0.1, 0.15) is 6.04 Å². The van der Waals surface area contributed by atoms with Gasteiger partial charge < -0.3 is 10.5 Å².